The Labute approximate surface area is 143 Å². The molecule has 2 N–H and O–H groups in total. The molecular weight excluding hydrogens is 300 g/mol. The summed E-state index contributed by atoms with van der Waals surface area (Å²) in [6, 6.07) is 6.49. The molecule has 130 valence electrons. The third kappa shape index (κ3) is 3.99. The third-order valence-electron chi connectivity index (χ3n) is 4.85. The van der Waals surface area contributed by atoms with E-state index >= 15 is 0 Å². The number of hydrogen-bond acceptors (Lipinski definition) is 3. The van der Waals surface area contributed by atoms with Crippen LogP contribution in [0.15, 0.2) is 29.2 Å². The number of aromatic amines is 1. The van der Waals surface area contributed by atoms with Crippen molar-refractivity contribution >= 4 is 10.8 Å². The standard InChI is InChI=1S/C20H28N2O2/c1-13(2)12-22-16-4-6-17(7-5-16)24-19-11-15-8-9-21-20(23)18(15)10-14(19)3/h8-11,13,16-17,22H,4-7,12H2,1-3H3,(H,21,23)/t16-,17+. The number of hydrogen-bond donors (Lipinski definition) is 2. The van der Waals surface area contributed by atoms with Gasteiger partial charge in [0.2, 0.25) is 0 Å². The van der Waals surface area contributed by atoms with E-state index in [2.05, 4.69) is 24.1 Å². The lowest BCUT2D eigenvalue weighted by atomic mass is 9.92. The molecule has 24 heavy (non-hydrogen) atoms. The van der Waals surface area contributed by atoms with Crippen LogP contribution in [0, 0.1) is 12.8 Å². The smallest absolute Gasteiger partial charge is 0.255 e. The van der Waals surface area contributed by atoms with E-state index < -0.39 is 0 Å². The summed E-state index contributed by atoms with van der Waals surface area (Å²) in [7, 11) is 0. The number of nitrogens with one attached hydrogen (secondary N) is 2. The van der Waals surface area contributed by atoms with Gasteiger partial charge in [-0.05, 0) is 74.2 Å². The Morgan fingerprint density at radius 2 is 2.00 bits per heavy atom. The highest BCUT2D eigenvalue weighted by Gasteiger charge is 2.22. The molecule has 1 saturated carbocycles. The molecule has 0 atom stereocenters. The van der Waals surface area contributed by atoms with Crippen LogP contribution in [-0.4, -0.2) is 23.7 Å². The highest BCUT2D eigenvalue weighted by atomic mass is 16.5. The number of ether oxygens (including phenoxy) is 1. The molecule has 0 unspecified atom stereocenters. The Balaban J connectivity index is 1.64. The summed E-state index contributed by atoms with van der Waals surface area (Å²) in [4.78, 5) is 14.6. The Morgan fingerprint density at radius 1 is 1.25 bits per heavy atom. The second-order valence-corrected chi connectivity index (χ2v) is 7.41. The molecule has 0 amide bonds. The van der Waals surface area contributed by atoms with E-state index in [-0.39, 0.29) is 11.7 Å². The lowest BCUT2D eigenvalue weighted by Gasteiger charge is -2.30. The van der Waals surface area contributed by atoms with Gasteiger partial charge in [0.15, 0.2) is 0 Å². The average molecular weight is 328 g/mol. The largest absolute Gasteiger partial charge is 0.490 e. The van der Waals surface area contributed by atoms with Gasteiger partial charge in [0.25, 0.3) is 5.56 Å². The van der Waals surface area contributed by atoms with Gasteiger partial charge in [0, 0.05) is 17.6 Å². The summed E-state index contributed by atoms with van der Waals surface area (Å²) in [6.45, 7) is 7.59. The van der Waals surface area contributed by atoms with Gasteiger partial charge in [-0.2, -0.15) is 0 Å². The zero-order chi connectivity index (χ0) is 17.1. The maximum absolute atomic E-state index is 11.9. The van der Waals surface area contributed by atoms with Crippen LogP contribution in [0.2, 0.25) is 0 Å². The molecule has 1 fully saturated rings. The van der Waals surface area contributed by atoms with Crippen LogP contribution in [-0.2, 0) is 0 Å². The summed E-state index contributed by atoms with van der Waals surface area (Å²) in [6.07, 6.45) is 6.48. The molecule has 0 radical (unpaired) electrons. The molecule has 1 aliphatic carbocycles. The number of benzene rings is 1. The maximum Gasteiger partial charge on any atom is 0.255 e. The van der Waals surface area contributed by atoms with Crippen LogP contribution in [0.5, 0.6) is 5.75 Å². The van der Waals surface area contributed by atoms with E-state index in [0.29, 0.717) is 12.0 Å². The van der Waals surface area contributed by atoms with E-state index in [9.17, 15) is 4.79 Å². The van der Waals surface area contributed by atoms with Crippen molar-refractivity contribution in [2.45, 2.75) is 58.6 Å². The summed E-state index contributed by atoms with van der Waals surface area (Å²) in [5.41, 5.74) is 0.984. The quantitative estimate of drug-likeness (QED) is 0.878. The zero-order valence-electron chi connectivity index (χ0n) is 14.9. The molecule has 4 heteroatoms. The van der Waals surface area contributed by atoms with Crippen molar-refractivity contribution in [1.82, 2.24) is 10.3 Å². The van der Waals surface area contributed by atoms with Gasteiger partial charge >= 0.3 is 0 Å². The molecule has 0 bridgehead atoms. The molecule has 1 aromatic carbocycles. The highest BCUT2D eigenvalue weighted by molar-refractivity contribution is 5.83. The first-order valence-corrected chi connectivity index (χ1v) is 9.05. The molecular formula is C20H28N2O2. The monoisotopic (exact) mass is 328 g/mol. The molecule has 4 nitrogen and oxygen atoms in total. The normalized spacial score (nSPS) is 21.3. The lowest BCUT2D eigenvalue weighted by molar-refractivity contribution is 0.138. The van der Waals surface area contributed by atoms with E-state index in [4.69, 9.17) is 4.74 Å². The first-order chi connectivity index (χ1) is 11.5. The van der Waals surface area contributed by atoms with Gasteiger partial charge in [-0.1, -0.05) is 13.8 Å². The van der Waals surface area contributed by atoms with Crippen LogP contribution in [0.1, 0.15) is 45.1 Å². The van der Waals surface area contributed by atoms with Crippen molar-refractivity contribution in [2.24, 2.45) is 5.92 Å². The molecule has 0 aliphatic heterocycles. The second kappa shape index (κ2) is 7.39. The summed E-state index contributed by atoms with van der Waals surface area (Å²) < 4.78 is 6.27. The van der Waals surface area contributed by atoms with Gasteiger partial charge in [-0.15, -0.1) is 0 Å². The van der Waals surface area contributed by atoms with Crippen molar-refractivity contribution in [3.63, 3.8) is 0 Å². The minimum atomic E-state index is -0.0427. The number of rotatable bonds is 5. The zero-order valence-corrected chi connectivity index (χ0v) is 14.9. The van der Waals surface area contributed by atoms with Crippen molar-refractivity contribution in [1.29, 1.82) is 0 Å². The van der Waals surface area contributed by atoms with Crippen LogP contribution in [0.3, 0.4) is 0 Å². The number of H-pyrrole nitrogens is 1. The van der Waals surface area contributed by atoms with Crippen molar-refractivity contribution in [3.8, 4) is 5.75 Å². The fourth-order valence-electron chi connectivity index (χ4n) is 3.42. The van der Waals surface area contributed by atoms with Gasteiger partial charge in [0.1, 0.15) is 5.75 Å². The fourth-order valence-corrected chi connectivity index (χ4v) is 3.42. The Kier molecular flexibility index (Phi) is 5.24. The van der Waals surface area contributed by atoms with Gasteiger partial charge in [-0.25, -0.2) is 0 Å². The maximum atomic E-state index is 11.9. The molecule has 1 aromatic heterocycles. The van der Waals surface area contributed by atoms with E-state index in [1.165, 1.54) is 12.8 Å². The van der Waals surface area contributed by atoms with E-state index in [1.807, 2.05) is 25.1 Å². The predicted octanol–water partition coefficient (Wildman–Crippen LogP) is 3.77. The number of pyridine rings is 1. The van der Waals surface area contributed by atoms with Gasteiger partial charge < -0.3 is 15.0 Å². The minimum absolute atomic E-state index is 0.0427. The SMILES string of the molecule is Cc1cc2c(=O)[nH]ccc2cc1O[C@H]1CC[C@@H](NCC(C)C)CC1. The van der Waals surface area contributed by atoms with Gasteiger partial charge in [0.05, 0.1) is 6.10 Å². The lowest BCUT2D eigenvalue weighted by Crippen LogP contribution is -2.38. The van der Waals surface area contributed by atoms with Crippen LogP contribution in [0.25, 0.3) is 10.8 Å². The Bertz CT molecular complexity index is 743. The topological polar surface area (TPSA) is 54.1 Å². The molecule has 1 heterocycles. The van der Waals surface area contributed by atoms with Crippen molar-refractivity contribution in [3.05, 3.63) is 40.3 Å². The fraction of sp³-hybridized carbons (Fsp3) is 0.550. The van der Waals surface area contributed by atoms with E-state index in [1.54, 1.807) is 6.20 Å². The Morgan fingerprint density at radius 3 is 2.71 bits per heavy atom. The number of aromatic nitrogens is 1. The third-order valence-corrected chi connectivity index (χ3v) is 4.85. The van der Waals surface area contributed by atoms with Crippen LogP contribution in [0.4, 0.5) is 0 Å². The van der Waals surface area contributed by atoms with Crippen LogP contribution >= 0.6 is 0 Å². The molecule has 0 spiro atoms. The molecule has 1 aliphatic rings. The van der Waals surface area contributed by atoms with Gasteiger partial charge in [-0.3, -0.25) is 4.79 Å². The van der Waals surface area contributed by atoms with Crippen LogP contribution < -0.4 is 15.6 Å². The minimum Gasteiger partial charge on any atom is -0.490 e. The summed E-state index contributed by atoms with van der Waals surface area (Å²) >= 11 is 0. The first-order valence-electron chi connectivity index (χ1n) is 9.05. The number of fused-ring (bicyclic) bond motifs is 1. The highest BCUT2D eigenvalue weighted by Crippen LogP contribution is 2.28. The number of aryl methyl sites for hydroxylation is 1. The molecule has 0 saturated heterocycles. The predicted molar refractivity (Wildman–Crippen MR) is 98.8 cm³/mol. The first kappa shape index (κ1) is 17.0. The van der Waals surface area contributed by atoms with E-state index in [0.717, 1.165) is 41.5 Å². The molecule has 2 aromatic rings. The summed E-state index contributed by atoms with van der Waals surface area (Å²) in [5, 5.41) is 5.32. The van der Waals surface area contributed by atoms with Crippen molar-refractivity contribution < 1.29 is 4.74 Å². The average Bonchev–Trinajstić information content (AvgIpc) is 2.56. The molecule has 3 rings (SSSR count). The summed E-state index contributed by atoms with van der Waals surface area (Å²) in [5.74, 6) is 1.61. The second-order valence-electron chi connectivity index (χ2n) is 7.41. The Hall–Kier alpha value is -1.81. The van der Waals surface area contributed by atoms with Crippen molar-refractivity contribution in [2.75, 3.05) is 6.54 Å².